The fourth-order valence-corrected chi connectivity index (χ4v) is 1.90. The third kappa shape index (κ3) is 4.69. The van der Waals surface area contributed by atoms with Crippen LogP contribution in [0.25, 0.3) is 0 Å². The molecule has 0 bridgehead atoms. The maximum absolute atomic E-state index is 12.8. The van der Waals surface area contributed by atoms with Gasteiger partial charge in [0.05, 0.1) is 23.4 Å². The molecule has 0 aromatic heterocycles. The van der Waals surface area contributed by atoms with Crippen LogP contribution in [0.5, 0.6) is 5.75 Å². The summed E-state index contributed by atoms with van der Waals surface area (Å²) in [6.45, 7) is -0.287. The van der Waals surface area contributed by atoms with Crippen LogP contribution in [0, 0.1) is 5.82 Å². The molecule has 0 aliphatic heterocycles. The van der Waals surface area contributed by atoms with Crippen molar-refractivity contribution in [2.24, 2.45) is 0 Å². The van der Waals surface area contributed by atoms with Crippen LogP contribution in [-0.4, -0.2) is 25.6 Å². The third-order valence-corrected chi connectivity index (χ3v) is 3.17. The molecule has 0 atom stereocenters. The summed E-state index contributed by atoms with van der Waals surface area (Å²) in [5.41, 5.74) is 0.522. The van der Waals surface area contributed by atoms with E-state index in [1.165, 1.54) is 49.6 Å². The Morgan fingerprint density at radius 3 is 2.52 bits per heavy atom. The Kier molecular flexibility index (Phi) is 5.54. The minimum Gasteiger partial charge on any atom is -0.484 e. The predicted molar refractivity (Wildman–Crippen MR) is 83.3 cm³/mol. The Bertz CT molecular complexity index is 719. The normalized spacial score (nSPS) is 10.0. The van der Waals surface area contributed by atoms with E-state index in [1.54, 1.807) is 0 Å². The van der Waals surface area contributed by atoms with E-state index in [0.717, 1.165) is 0 Å². The van der Waals surface area contributed by atoms with Gasteiger partial charge in [-0.1, -0.05) is 11.6 Å². The van der Waals surface area contributed by atoms with Gasteiger partial charge in [0, 0.05) is 0 Å². The average Bonchev–Trinajstić information content (AvgIpc) is 2.55. The Morgan fingerprint density at radius 1 is 1.17 bits per heavy atom. The van der Waals surface area contributed by atoms with Crippen LogP contribution in [0.1, 0.15) is 10.4 Å². The zero-order valence-corrected chi connectivity index (χ0v) is 12.9. The molecule has 0 saturated carbocycles. The molecule has 5 nitrogen and oxygen atoms in total. The highest BCUT2D eigenvalue weighted by atomic mass is 35.5. The van der Waals surface area contributed by atoms with Crippen molar-refractivity contribution >= 4 is 29.2 Å². The number of carbonyl (C=O) groups excluding carboxylic acids is 2. The van der Waals surface area contributed by atoms with Gasteiger partial charge in [0.25, 0.3) is 5.91 Å². The molecule has 0 unspecified atom stereocenters. The first-order valence-electron chi connectivity index (χ1n) is 6.55. The Labute approximate surface area is 137 Å². The lowest BCUT2D eigenvalue weighted by Crippen LogP contribution is -2.20. The van der Waals surface area contributed by atoms with E-state index in [-0.39, 0.29) is 22.9 Å². The van der Waals surface area contributed by atoms with Gasteiger partial charge in [0.15, 0.2) is 6.61 Å². The first-order valence-corrected chi connectivity index (χ1v) is 6.93. The maximum Gasteiger partial charge on any atom is 0.337 e. The summed E-state index contributed by atoms with van der Waals surface area (Å²) in [6.07, 6.45) is 0. The van der Waals surface area contributed by atoms with Crippen molar-refractivity contribution in [2.75, 3.05) is 19.0 Å². The zero-order valence-electron chi connectivity index (χ0n) is 12.1. The highest BCUT2D eigenvalue weighted by molar-refractivity contribution is 6.33. The van der Waals surface area contributed by atoms with Crippen LogP contribution >= 0.6 is 11.6 Å². The number of rotatable bonds is 5. The number of amides is 1. The van der Waals surface area contributed by atoms with Crippen molar-refractivity contribution < 1.29 is 23.5 Å². The molecule has 0 aliphatic rings. The van der Waals surface area contributed by atoms with Gasteiger partial charge in [-0.25, -0.2) is 9.18 Å². The lowest BCUT2D eigenvalue weighted by Gasteiger charge is -2.10. The Hall–Kier alpha value is -2.60. The maximum atomic E-state index is 12.8. The van der Waals surface area contributed by atoms with Crippen molar-refractivity contribution in [2.45, 2.75) is 0 Å². The van der Waals surface area contributed by atoms with E-state index in [0.29, 0.717) is 5.75 Å². The first kappa shape index (κ1) is 16.8. The molecule has 0 spiro atoms. The molecule has 0 fully saturated rings. The Balaban J connectivity index is 1.99. The minimum absolute atomic E-state index is 0.256. The molecule has 7 heteroatoms. The molecular formula is C16H13ClFNO4. The summed E-state index contributed by atoms with van der Waals surface area (Å²) in [7, 11) is 1.26. The van der Waals surface area contributed by atoms with E-state index in [1.807, 2.05) is 0 Å². The van der Waals surface area contributed by atoms with Crippen LogP contribution in [0.3, 0.4) is 0 Å². The number of hydrogen-bond donors (Lipinski definition) is 1. The standard InChI is InChI=1S/C16H13ClFNO4/c1-22-16(21)10-2-7-13(17)14(8-10)19-15(20)9-23-12-5-3-11(18)4-6-12/h2-8H,9H2,1H3,(H,19,20). The molecule has 2 rings (SSSR count). The van der Waals surface area contributed by atoms with Crippen molar-refractivity contribution in [1.29, 1.82) is 0 Å². The minimum atomic E-state index is -0.542. The number of anilines is 1. The number of halogens is 2. The van der Waals surface area contributed by atoms with Gasteiger partial charge in [0.1, 0.15) is 11.6 Å². The fourth-order valence-electron chi connectivity index (χ4n) is 1.73. The van der Waals surface area contributed by atoms with Crippen molar-refractivity contribution in [1.82, 2.24) is 0 Å². The number of benzene rings is 2. The largest absolute Gasteiger partial charge is 0.484 e. The quantitative estimate of drug-likeness (QED) is 0.850. The average molecular weight is 338 g/mol. The summed E-state index contributed by atoms with van der Waals surface area (Å²) >= 11 is 5.97. The molecule has 2 aromatic carbocycles. The molecule has 0 radical (unpaired) electrons. The second-order valence-corrected chi connectivity index (χ2v) is 4.88. The number of ether oxygens (including phenoxy) is 2. The molecule has 0 saturated heterocycles. The number of hydrogen-bond acceptors (Lipinski definition) is 4. The van der Waals surface area contributed by atoms with Crippen LogP contribution in [0.2, 0.25) is 5.02 Å². The van der Waals surface area contributed by atoms with Gasteiger partial charge in [0.2, 0.25) is 0 Å². The summed E-state index contributed by atoms with van der Waals surface area (Å²) in [4.78, 5) is 23.3. The van der Waals surface area contributed by atoms with Gasteiger partial charge >= 0.3 is 5.97 Å². The van der Waals surface area contributed by atoms with Gasteiger partial charge < -0.3 is 14.8 Å². The monoisotopic (exact) mass is 337 g/mol. The number of methoxy groups -OCH3 is 1. The summed E-state index contributed by atoms with van der Waals surface area (Å²) in [5.74, 6) is -1.05. The second-order valence-electron chi connectivity index (χ2n) is 4.48. The molecule has 1 N–H and O–H groups in total. The number of esters is 1. The number of nitrogens with one attached hydrogen (secondary N) is 1. The van der Waals surface area contributed by atoms with E-state index in [9.17, 15) is 14.0 Å². The van der Waals surface area contributed by atoms with Crippen molar-refractivity contribution in [3.63, 3.8) is 0 Å². The van der Waals surface area contributed by atoms with Crippen molar-refractivity contribution in [3.05, 3.63) is 58.9 Å². The molecule has 0 aliphatic carbocycles. The molecule has 1 amide bonds. The van der Waals surface area contributed by atoms with E-state index in [4.69, 9.17) is 16.3 Å². The predicted octanol–water partition coefficient (Wildman–Crippen LogP) is 3.28. The molecule has 2 aromatic rings. The van der Waals surface area contributed by atoms with Crippen LogP contribution in [0.15, 0.2) is 42.5 Å². The van der Waals surface area contributed by atoms with Gasteiger partial charge in [-0.15, -0.1) is 0 Å². The van der Waals surface area contributed by atoms with Crippen LogP contribution < -0.4 is 10.1 Å². The van der Waals surface area contributed by atoms with E-state index >= 15 is 0 Å². The van der Waals surface area contributed by atoms with E-state index < -0.39 is 17.7 Å². The highest BCUT2D eigenvalue weighted by Gasteiger charge is 2.11. The van der Waals surface area contributed by atoms with Crippen molar-refractivity contribution in [3.8, 4) is 5.75 Å². The van der Waals surface area contributed by atoms with Gasteiger partial charge in [-0.3, -0.25) is 4.79 Å². The van der Waals surface area contributed by atoms with E-state index in [2.05, 4.69) is 10.1 Å². The smallest absolute Gasteiger partial charge is 0.337 e. The summed E-state index contributed by atoms with van der Waals surface area (Å²) in [6, 6.07) is 9.64. The SMILES string of the molecule is COC(=O)c1ccc(Cl)c(NC(=O)COc2ccc(F)cc2)c1. The number of carbonyl (C=O) groups is 2. The van der Waals surface area contributed by atoms with Crippen LogP contribution in [0.4, 0.5) is 10.1 Å². The Morgan fingerprint density at radius 2 is 1.87 bits per heavy atom. The topological polar surface area (TPSA) is 64.6 Å². The third-order valence-electron chi connectivity index (χ3n) is 2.85. The lowest BCUT2D eigenvalue weighted by atomic mass is 10.2. The first-order chi connectivity index (χ1) is 11.0. The lowest BCUT2D eigenvalue weighted by molar-refractivity contribution is -0.118. The van der Waals surface area contributed by atoms with Gasteiger partial charge in [-0.2, -0.15) is 0 Å². The summed E-state index contributed by atoms with van der Waals surface area (Å²) in [5, 5.41) is 2.80. The summed E-state index contributed by atoms with van der Waals surface area (Å²) < 4.78 is 22.6. The molecule has 23 heavy (non-hydrogen) atoms. The second kappa shape index (κ2) is 7.60. The van der Waals surface area contributed by atoms with Crippen LogP contribution in [-0.2, 0) is 9.53 Å². The van der Waals surface area contributed by atoms with Gasteiger partial charge in [-0.05, 0) is 42.5 Å². The fraction of sp³-hybridized carbons (Fsp3) is 0.125. The molecular weight excluding hydrogens is 325 g/mol. The molecule has 120 valence electrons. The highest BCUT2D eigenvalue weighted by Crippen LogP contribution is 2.23. The molecule has 0 heterocycles. The zero-order chi connectivity index (χ0) is 16.8.